The van der Waals surface area contributed by atoms with E-state index in [0.29, 0.717) is 40.6 Å². The summed E-state index contributed by atoms with van der Waals surface area (Å²) < 4.78 is 0. The molecule has 1 unspecified atom stereocenters. The van der Waals surface area contributed by atoms with Crippen LogP contribution in [0.25, 0.3) is 6.08 Å². The molecule has 1 heterocycles. The lowest BCUT2D eigenvalue weighted by atomic mass is 9.75. The van der Waals surface area contributed by atoms with Crippen LogP contribution in [0.15, 0.2) is 83.5 Å². The van der Waals surface area contributed by atoms with Crippen LogP contribution in [0.2, 0.25) is 0 Å². The number of aliphatic imine (C=N–C) groups is 1. The lowest BCUT2D eigenvalue weighted by Crippen LogP contribution is -2.31. The molecule has 5 heteroatoms. The molecule has 1 N–H and O–H groups in total. The molecular formula is C41H51N3S2. The highest BCUT2D eigenvalue weighted by Gasteiger charge is 2.25. The smallest absolute Gasteiger partial charge is 0.0841 e. The van der Waals surface area contributed by atoms with Gasteiger partial charge >= 0.3 is 0 Å². The molecule has 5 rings (SSSR count). The maximum Gasteiger partial charge on any atom is 0.0841 e. The van der Waals surface area contributed by atoms with E-state index < -0.39 is 0 Å². The summed E-state index contributed by atoms with van der Waals surface area (Å²) in [6.07, 6.45) is 18.6. The molecule has 0 aromatic heterocycles. The van der Waals surface area contributed by atoms with Gasteiger partial charge in [0.25, 0.3) is 0 Å². The van der Waals surface area contributed by atoms with Gasteiger partial charge in [0.15, 0.2) is 0 Å². The molecule has 2 aliphatic carbocycles. The van der Waals surface area contributed by atoms with Crippen LogP contribution in [0, 0.1) is 23.2 Å². The van der Waals surface area contributed by atoms with Gasteiger partial charge in [-0.3, -0.25) is 4.99 Å². The number of thiocarbonyl (C=S) groups is 2. The molecular weight excluding hydrogens is 599 g/mol. The van der Waals surface area contributed by atoms with Crippen molar-refractivity contribution in [2.75, 3.05) is 14.1 Å². The van der Waals surface area contributed by atoms with Gasteiger partial charge in [0.2, 0.25) is 0 Å². The van der Waals surface area contributed by atoms with Gasteiger partial charge in [-0.15, -0.1) is 0 Å². The molecule has 2 fully saturated rings. The Labute approximate surface area is 288 Å². The first-order chi connectivity index (χ1) is 22.1. The van der Waals surface area contributed by atoms with Crippen LogP contribution in [-0.4, -0.2) is 46.7 Å². The van der Waals surface area contributed by atoms with E-state index in [0.717, 1.165) is 33.4 Å². The fourth-order valence-electron chi connectivity index (χ4n) is 7.49. The van der Waals surface area contributed by atoms with Crippen molar-refractivity contribution >= 4 is 52.2 Å². The Morgan fingerprint density at radius 2 is 1.46 bits per heavy atom. The van der Waals surface area contributed by atoms with Gasteiger partial charge in [0.05, 0.1) is 16.3 Å². The van der Waals surface area contributed by atoms with Crippen molar-refractivity contribution in [3.63, 3.8) is 0 Å². The van der Waals surface area contributed by atoms with Crippen molar-refractivity contribution in [3.8, 4) is 0 Å². The van der Waals surface area contributed by atoms with Crippen LogP contribution >= 0.6 is 24.4 Å². The normalized spacial score (nSPS) is 25.2. The van der Waals surface area contributed by atoms with Crippen LogP contribution in [-0.2, 0) is 6.42 Å². The predicted molar refractivity (Wildman–Crippen MR) is 206 cm³/mol. The number of nitrogens with zero attached hydrogens (tertiary/aromatic N) is 2. The maximum absolute atomic E-state index is 8.79. The summed E-state index contributed by atoms with van der Waals surface area (Å²) in [4.78, 5) is 8.16. The quantitative estimate of drug-likeness (QED) is 0.150. The summed E-state index contributed by atoms with van der Waals surface area (Å²) in [5.74, 6) is 2.83. The molecule has 0 spiro atoms. The van der Waals surface area contributed by atoms with Crippen LogP contribution in [0.4, 0.5) is 0 Å². The Hall–Kier alpha value is -2.86. The highest BCUT2D eigenvalue weighted by Crippen LogP contribution is 2.39. The summed E-state index contributed by atoms with van der Waals surface area (Å²) in [6, 6.07) is 18.5. The number of allylic oxidation sites excluding steroid dienone is 4. The van der Waals surface area contributed by atoms with Crippen LogP contribution in [0.1, 0.15) is 99.3 Å². The first-order valence-corrected chi connectivity index (χ1v) is 18.0. The lowest BCUT2D eigenvalue weighted by Gasteiger charge is -2.32. The monoisotopic (exact) mass is 649 g/mol. The number of hydrogen-bond donors (Lipinski definition) is 1. The van der Waals surface area contributed by atoms with E-state index >= 15 is 0 Å². The number of nitrogens with one attached hydrogen (secondary N) is 1. The Bertz CT molecular complexity index is 1490. The highest BCUT2D eigenvalue weighted by molar-refractivity contribution is 7.82. The molecule has 2 saturated carbocycles. The van der Waals surface area contributed by atoms with Crippen molar-refractivity contribution in [2.45, 2.75) is 89.5 Å². The van der Waals surface area contributed by atoms with Gasteiger partial charge in [-0.2, -0.15) is 0 Å². The van der Waals surface area contributed by atoms with Crippen molar-refractivity contribution < 1.29 is 0 Å². The predicted octanol–water partition coefficient (Wildman–Crippen LogP) is 10.4. The highest BCUT2D eigenvalue weighted by atomic mass is 32.1. The lowest BCUT2D eigenvalue weighted by molar-refractivity contribution is 0.216. The van der Waals surface area contributed by atoms with Gasteiger partial charge in [-0.25, -0.2) is 0 Å². The minimum atomic E-state index is -0.165. The molecule has 0 amide bonds. The number of rotatable bonds is 11. The first kappa shape index (κ1) is 34.5. The molecule has 0 bridgehead atoms. The van der Waals surface area contributed by atoms with E-state index in [1.54, 1.807) is 6.21 Å². The third-order valence-electron chi connectivity index (χ3n) is 10.7. The van der Waals surface area contributed by atoms with Crippen molar-refractivity contribution in [3.05, 3.63) is 101 Å². The van der Waals surface area contributed by atoms with Crippen LogP contribution in [0.5, 0.6) is 0 Å². The second kappa shape index (κ2) is 15.8. The zero-order chi connectivity index (χ0) is 32.8. The van der Waals surface area contributed by atoms with Gasteiger partial charge < -0.3 is 10.3 Å². The molecule has 2 aromatic carbocycles. The molecule has 1 aliphatic heterocycles. The van der Waals surface area contributed by atoms with Crippen LogP contribution in [0.3, 0.4) is 0 Å². The molecule has 3 nitrogen and oxygen atoms in total. The second-order valence-corrected chi connectivity index (χ2v) is 15.2. The van der Waals surface area contributed by atoms with Crippen molar-refractivity contribution in [1.29, 1.82) is 5.41 Å². The van der Waals surface area contributed by atoms with E-state index in [4.69, 9.17) is 29.8 Å². The fourth-order valence-corrected chi connectivity index (χ4v) is 7.97. The molecule has 0 radical (unpaired) electrons. The zero-order valence-electron chi connectivity index (χ0n) is 28.2. The van der Waals surface area contributed by atoms with Gasteiger partial charge in [0.1, 0.15) is 0 Å². The molecule has 242 valence electrons. The van der Waals surface area contributed by atoms with E-state index in [1.807, 2.05) is 12.2 Å². The first-order valence-electron chi connectivity index (χ1n) is 17.2. The van der Waals surface area contributed by atoms with Gasteiger partial charge in [-0.1, -0.05) is 99.5 Å². The minimum absolute atomic E-state index is 0.165. The molecule has 3 aliphatic rings. The number of hydrogen-bond acceptors (Lipinski definition) is 5. The van der Waals surface area contributed by atoms with Crippen molar-refractivity contribution in [1.82, 2.24) is 4.90 Å². The summed E-state index contributed by atoms with van der Waals surface area (Å²) in [6.45, 7) is 8.92. The Morgan fingerprint density at radius 1 is 0.891 bits per heavy atom. The molecule has 1 atom stereocenters. The Morgan fingerprint density at radius 3 is 2.02 bits per heavy atom. The van der Waals surface area contributed by atoms with Gasteiger partial charge in [-0.05, 0) is 129 Å². The van der Waals surface area contributed by atoms with E-state index in [1.165, 1.54) is 62.5 Å². The third kappa shape index (κ3) is 8.73. The molecule has 0 saturated heterocycles. The average Bonchev–Trinajstić information content (AvgIpc) is 3.07. The SMILES string of the molecule is C=C1C=NC(C(=S)C(=N)Cc2ccc(C3CCC(N(C)C)CC3)cc2)=CC1C(=S)C=Cc1ccc(C2CCC(C(C)C)CC2)cc1. The van der Waals surface area contributed by atoms with E-state index in [2.05, 4.69) is 99.0 Å². The Kier molecular flexibility index (Phi) is 11.9. The summed E-state index contributed by atoms with van der Waals surface area (Å²) in [5.41, 5.74) is 7.01. The maximum atomic E-state index is 8.79. The summed E-state index contributed by atoms with van der Waals surface area (Å²) in [5, 5.41) is 8.79. The second-order valence-electron chi connectivity index (χ2n) is 14.3. The van der Waals surface area contributed by atoms with E-state index in [9.17, 15) is 0 Å². The summed E-state index contributed by atoms with van der Waals surface area (Å²) in [7, 11) is 4.38. The zero-order valence-corrected chi connectivity index (χ0v) is 29.8. The fraction of sp³-hybridized carbons (Fsp3) is 0.463. The molecule has 2 aromatic rings. The van der Waals surface area contributed by atoms with Crippen molar-refractivity contribution in [2.24, 2.45) is 22.7 Å². The largest absolute Gasteiger partial charge is 0.306 e. The topological polar surface area (TPSA) is 39.5 Å². The Balaban J connectivity index is 1.15. The van der Waals surface area contributed by atoms with Gasteiger partial charge in [0, 0.05) is 29.5 Å². The minimum Gasteiger partial charge on any atom is -0.306 e. The van der Waals surface area contributed by atoms with E-state index in [-0.39, 0.29) is 5.92 Å². The summed E-state index contributed by atoms with van der Waals surface area (Å²) >= 11 is 11.6. The van der Waals surface area contributed by atoms with Crippen LogP contribution < -0.4 is 0 Å². The molecule has 46 heavy (non-hydrogen) atoms. The third-order valence-corrected chi connectivity index (χ3v) is 11.6. The number of benzene rings is 2. The standard InChI is InChI=1S/C41H51N3S2/c1-27(2)31-15-17-34(18-16-31)32-11-6-29(7-12-32)10-23-40(45)37-25-39(43-26-28(37)3)41(46)38(42)24-30-8-13-33(14-9-30)35-19-21-36(22-20-35)44(4)5/h6-14,23,25-27,31,34-37,42H,3,15-22,24H2,1-2,4-5H3. The average molecular weight is 650 g/mol.